The van der Waals surface area contributed by atoms with Gasteiger partial charge in [-0.2, -0.15) is 0 Å². The van der Waals surface area contributed by atoms with Crippen LogP contribution in [0.15, 0.2) is 54.6 Å². The molecule has 116 valence electrons. The summed E-state index contributed by atoms with van der Waals surface area (Å²) >= 11 is 0. The normalized spacial score (nSPS) is 10.5. The van der Waals surface area contributed by atoms with E-state index in [9.17, 15) is 4.79 Å². The van der Waals surface area contributed by atoms with E-state index in [1.165, 1.54) is 0 Å². The van der Waals surface area contributed by atoms with Gasteiger partial charge in [-0.15, -0.1) is 0 Å². The molecule has 0 spiro atoms. The van der Waals surface area contributed by atoms with Gasteiger partial charge in [-0.25, -0.2) is 0 Å². The van der Waals surface area contributed by atoms with E-state index in [1.807, 2.05) is 61.6 Å². The van der Waals surface area contributed by atoms with E-state index in [0.717, 1.165) is 11.3 Å². The minimum Gasteiger partial charge on any atom is -0.493 e. The topological polar surface area (TPSA) is 29.5 Å². The van der Waals surface area contributed by atoms with Gasteiger partial charge in [0.15, 0.2) is 0 Å². The van der Waals surface area contributed by atoms with Crippen molar-refractivity contribution >= 4 is 5.91 Å². The highest BCUT2D eigenvalue weighted by Gasteiger charge is 2.12. The van der Waals surface area contributed by atoms with Crippen LogP contribution in [0, 0.1) is 5.92 Å². The molecule has 0 radical (unpaired) electrons. The summed E-state index contributed by atoms with van der Waals surface area (Å²) in [5.41, 5.74) is 1.77. The number of hydrogen-bond acceptors (Lipinski definition) is 2. The van der Waals surface area contributed by atoms with Crippen LogP contribution in [-0.2, 0) is 6.54 Å². The number of hydrogen-bond donors (Lipinski definition) is 0. The van der Waals surface area contributed by atoms with Crippen molar-refractivity contribution in [2.45, 2.75) is 20.4 Å². The molecule has 0 aliphatic rings. The van der Waals surface area contributed by atoms with E-state index < -0.39 is 0 Å². The lowest BCUT2D eigenvalue weighted by Gasteiger charge is -2.18. The van der Waals surface area contributed by atoms with Crippen molar-refractivity contribution < 1.29 is 9.53 Å². The molecule has 22 heavy (non-hydrogen) atoms. The maximum absolute atomic E-state index is 12.5. The molecule has 0 aromatic heterocycles. The highest BCUT2D eigenvalue weighted by Crippen LogP contribution is 2.16. The van der Waals surface area contributed by atoms with Crippen molar-refractivity contribution in [3.8, 4) is 5.75 Å². The molecule has 0 aliphatic heterocycles. The van der Waals surface area contributed by atoms with Crippen LogP contribution >= 0.6 is 0 Å². The molecule has 2 aromatic rings. The lowest BCUT2D eigenvalue weighted by Crippen LogP contribution is -2.26. The van der Waals surface area contributed by atoms with Gasteiger partial charge < -0.3 is 9.64 Å². The average molecular weight is 297 g/mol. The highest BCUT2D eigenvalue weighted by atomic mass is 16.5. The number of benzene rings is 2. The minimum absolute atomic E-state index is 0.00106. The van der Waals surface area contributed by atoms with E-state index in [0.29, 0.717) is 24.6 Å². The summed E-state index contributed by atoms with van der Waals surface area (Å²) in [6.45, 7) is 5.44. The number of carbonyl (C=O) groups is 1. The van der Waals surface area contributed by atoms with Crippen LogP contribution in [0.1, 0.15) is 29.8 Å². The van der Waals surface area contributed by atoms with Gasteiger partial charge in [0, 0.05) is 19.2 Å². The molecule has 0 bridgehead atoms. The summed E-state index contributed by atoms with van der Waals surface area (Å²) < 4.78 is 5.69. The fraction of sp³-hybridized carbons (Fsp3) is 0.316. The van der Waals surface area contributed by atoms with Crippen LogP contribution in [0.3, 0.4) is 0 Å². The lowest BCUT2D eigenvalue weighted by atomic mass is 10.1. The van der Waals surface area contributed by atoms with Gasteiger partial charge >= 0.3 is 0 Å². The number of carbonyl (C=O) groups excluding carboxylic acids is 1. The van der Waals surface area contributed by atoms with E-state index in [4.69, 9.17) is 4.74 Å². The molecule has 1 amide bonds. The second-order valence-corrected chi connectivity index (χ2v) is 5.88. The Hall–Kier alpha value is -2.29. The third-order valence-corrected chi connectivity index (χ3v) is 3.27. The molecule has 0 saturated heterocycles. The van der Waals surface area contributed by atoms with Crippen molar-refractivity contribution in [3.05, 3.63) is 65.7 Å². The summed E-state index contributed by atoms with van der Waals surface area (Å²) in [4.78, 5) is 14.2. The van der Waals surface area contributed by atoms with Crippen molar-refractivity contribution in [2.24, 2.45) is 5.92 Å². The van der Waals surface area contributed by atoms with Gasteiger partial charge in [-0.1, -0.05) is 50.2 Å². The zero-order chi connectivity index (χ0) is 15.9. The Morgan fingerprint density at radius 1 is 1.09 bits per heavy atom. The molecule has 3 nitrogen and oxygen atoms in total. The number of ether oxygens (including phenoxy) is 1. The molecule has 2 aromatic carbocycles. The van der Waals surface area contributed by atoms with Crippen molar-refractivity contribution in [1.29, 1.82) is 0 Å². The standard InChI is InChI=1S/C19H23NO2/c1-15(2)14-22-18-11-7-10-17(12-18)19(21)20(3)13-16-8-5-4-6-9-16/h4-12,15H,13-14H2,1-3H3. The number of amides is 1. The van der Waals surface area contributed by atoms with Crippen LogP contribution < -0.4 is 4.74 Å². The zero-order valence-electron chi connectivity index (χ0n) is 13.5. The predicted molar refractivity (Wildman–Crippen MR) is 89.0 cm³/mol. The summed E-state index contributed by atoms with van der Waals surface area (Å²) in [7, 11) is 1.82. The molecular weight excluding hydrogens is 274 g/mol. The lowest BCUT2D eigenvalue weighted by molar-refractivity contribution is 0.0784. The molecule has 0 aliphatic carbocycles. The zero-order valence-corrected chi connectivity index (χ0v) is 13.5. The van der Waals surface area contributed by atoms with E-state index in [1.54, 1.807) is 4.90 Å². The Balaban J connectivity index is 2.03. The first-order valence-electron chi connectivity index (χ1n) is 7.58. The monoisotopic (exact) mass is 297 g/mol. The second kappa shape index (κ2) is 7.64. The van der Waals surface area contributed by atoms with Gasteiger partial charge in [0.05, 0.1) is 6.61 Å². The molecule has 0 saturated carbocycles. The Labute approximate surface area is 132 Å². The summed E-state index contributed by atoms with van der Waals surface area (Å²) in [5, 5.41) is 0. The SMILES string of the molecule is CC(C)COc1cccc(C(=O)N(C)Cc2ccccc2)c1. The average Bonchev–Trinajstić information content (AvgIpc) is 2.53. The maximum atomic E-state index is 12.5. The van der Waals surface area contributed by atoms with Gasteiger partial charge in [0.2, 0.25) is 0 Å². The number of nitrogens with zero attached hydrogens (tertiary/aromatic N) is 1. The molecule has 2 rings (SSSR count). The van der Waals surface area contributed by atoms with Crippen LogP contribution in [-0.4, -0.2) is 24.5 Å². The smallest absolute Gasteiger partial charge is 0.254 e. The predicted octanol–water partition coefficient (Wildman–Crippen LogP) is 3.99. The number of rotatable bonds is 6. The van der Waals surface area contributed by atoms with Gasteiger partial charge in [0.1, 0.15) is 5.75 Å². The van der Waals surface area contributed by atoms with Crippen LogP contribution in [0.25, 0.3) is 0 Å². The molecule has 0 fully saturated rings. The Morgan fingerprint density at radius 3 is 2.50 bits per heavy atom. The van der Waals surface area contributed by atoms with Crippen LogP contribution in [0.4, 0.5) is 0 Å². The Kier molecular flexibility index (Phi) is 5.59. The molecule has 0 unspecified atom stereocenters. The third-order valence-electron chi connectivity index (χ3n) is 3.27. The van der Waals surface area contributed by atoms with Crippen molar-refractivity contribution in [2.75, 3.05) is 13.7 Å². The molecule has 0 heterocycles. The third kappa shape index (κ3) is 4.62. The molecule has 0 atom stereocenters. The van der Waals surface area contributed by atoms with Crippen molar-refractivity contribution in [1.82, 2.24) is 4.90 Å². The highest BCUT2D eigenvalue weighted by molar-refractivity contribution is 5.94. The molecule has 3 heteroatoms. The first-order chi connectivity index (χ1) is 10.6. The van der Waals surface area contributed by atoms with Crippen molar-refractivity contribution in [3.63, 3.8) is 0 Å². The summed E-state index contributed by atoms with van der Waals surface area (Å²) in [6.07, 6.45) is 0. The second-order valence-electron chi connectivity index (χ2n) is 5.88. The maximum Gasteiger partial charge on any atom is 0.254 e. The van der Waals surface area contributed by atoms with E-state index in [2.05, 4.69) is 13.8 Å². The largest absolute Gasteiger partial charge is 0.493 e. The van der Waals surface area contributed by atoms with Crippen LogP contribution in [0.2, 0.25) is 0 Å². The van der Waals surface area contributed by atoms with Gasteiger partial charge in [-0.3, -0.25) is 4.79 Å². The van der Waals surface area contributed by atoms with Gasteiger partial charge in [0.25, 0.3) is 5.91 Å². The van der Waals surface area contributed by atoms with E-state index >= 15 is 0 Å². The van der Waals surface area contributed by atoms with Crippen LogP contribution in [0.5, 0.6) is 5.75 Å². The Morgan fingerprint density at radius 2 is 1.82 bits per heavy atom. The fourth-order valence-corrected chi connectivity index (χ4v) is 2.13. The first-order valence-corrected chi connectivity index (χ1v) is 7.58. The van der Waals surface area contributed by atoms with E-state index in [-0.39, 0.29) is 5.91 Å². The summed E-state index contributed by atoms with van der Waals surface area (Å²) in [6, 6.07) is 17.4. The van der Waals surface area contributed by atoms with Gasteiger partial charge in [-0.05, 0) is 29.7 Å². The molecule has 0 N–H and O–H groups in total. The fourth-order valence-electron chi connectivity index (χ4n) is 2.13. The molecular formula is C19H23NO2. The summed E-state index contributed by atoms with van der Waals surface area (Å²) in [5.74, 6) is 1.20. The Bertz CT molecular complexity index is 608. The minimum atomic E-state index is -0.00106. The first kappa shape index (κ1) is 16.1. The quantitative estimate of drug-likeness (QED) is 0.806.